The van der Waals surface area contributed by atoms with Crippen molar-refractivity contribution in [3.63, 3.8) is 0 Å². The SMILES string of the molecule is O=C1Nc2ccccc2/C1=C\c1cn(Cc2ccccc2Cl)c2ccc(Br)cc12. The number of benzene rings is 3. The summed E-state index contributed by atoms with van der Waals surface area (Å²) in [5, 5.41) is 4.77. The maximum absolute atomic E-state index is 12.6. The van der Waals surface area contributed by atoms with Gasteiger partial charge in [0.1, 0.15) is 0 Å². The number of para-hydroxylation sites is 1. The molecule has 0 unspecified atom stereocenters. The van der Waals surface area contributed by atoms with Gasteiger partial charge in [-0.1, -0.05) is 63.9 Å². The van der Waals surface area contributed by atoms with E-state index in [1.807, 2.05) is 60.7 Å². The molecule has 1 aromatic heterocycles. The zero-order chi connectivity index (χ0) is 20.0. The molecule has 5 heteroatoms. The van der Waals surface area contributed by atoms with Crippen molar-refractivity contribution >= 4 is 61.7 Å². The van der Waals surface area contributed by atoms with Crippen LogP contribution in [-0.2, 0) is 11.3 Å². The topological polar surface area (TPSA) is 34.0 Å². The van der Waals surface area contributed by atoms with E-state index < -0.39 is 0 Å². The molecule has 142 valence electrons. The van der Waals surface area contributed by atoms with Gasteiger partial charge in [-0.3, -0.25) is 4.79 Å². The molecule has 0 saturated heterocycles. The molecule has 4 aromatic rings. The highest BCUT2D eigenvalue weighted by atomic mass is 79.9. The van der Waals surface area contributed by atoms with Gasteiger partial charge in [0.25, 0.3) is 5.91 Å². The molecule has 0 fully saturated rings. The Morgan fingerprint density at radius 1 is 1.03 bits per heavy atom. The number of amides is 1. The second kappa shape index (κ2) is 7.21. The molecular formula is C24H16BrClN2O. The molecular weight excluding hydrogens is 448 g/mol. The molecule has 0 radical (unpaired) electrons. The van der Waals surface area contributed by atoms with Crippen LogP contribution in [0, 0.1) is 0 Å². The molecule has 3 nitrogen and oxygen atoms in total. The Kier molecular flexibility index (Phi) is 4.53. The summed E-state index contributed by atoms with van der Waals surface area (Å²) >= 11 is 9.96. The molecule has 3 aromatic carbocycles. The van der Waals surface area contributed by atoms with Gasteiger partial charge < -0.3 is 9.88 Å². The number of hydrogen-bond donors (Lipinski definition) is 1. The molecule has 1 amide bonds. The van der Waals surface area contributed by atoms with E-state index in [9.17, 15) is 4.79 Å². The maximum atomic E-state index is 12.6. The normalized spacial score (nSPS) is 14.4. The first-order valence-corrected chi connectivity index (χ1v) is 10.4. The molecule has 0 saturated carbocycles. The largest absolute Gasteiger partial charge is 0.342 e. The Morgan fingerprint density at radius 3 is 2.69 bits per heavy atom. The Morgan fingerprint density at radius 2 is 1.83 bits per heavy atom. The maximum Gasteiger partial charge on any atom is 0.256 e. The van der Waals surface area contributed by atoms with Gasteiger partial charge in [-0.15, -0.1) is 0 Å². The average molecular weight is 464 g/mol. The van der Waals surface area contributed by atoms with Crippen molar-refractivity contribution in [2.24, 2.45) is 0 Å². The van der Waals surface area contributed by atoms with Crippen LogP contribution < -0.4 is 5.32 Å². The Bertz CT molecular complexity index is 1310. The molecule has 1 aliphatic heterocycles. The van der Waals surface area contributed by atoms with E-state index in [-0.39, 0.29) is 5.91 Å². The quantitative estimate of drug-likeness (QED) is 0.341. The van der Waals surface area contributed by atoms with Gasteiger partial charge >= 0.3 is 0 Å². The van der Waals surface area contributed by atoms with Crippen molar-refractivity contribution in [3.05, 3.63) is 99.1 Å². The number of nitrogens with one attached hydrogen (secondary N) is 1. The Balaban J connectivity index is 1.66. The predicted octanol–water partition coefficient (Wildman–Crippen LogP) is 6.60. The first-order valence-electron chi connectivity index (χ1n) is 9.24. The number of hydrogen-bond acceptors (Lipinski definition) is 1. The summed E-state index contributed by atoms with van der Waals surface area (Å²) in [4.78, 5) is 12.6. The summed E-state index contributed by atoms with van der Waals surface area (Å²) in [6.45, 7) is 0.657. The first kappa shape index (κ1) is 18.2. The van der Waals surface area contributed by atoms with Crippen LogP contribution in [0.3, 0.4) is 0 Å². The number of fused-ring (bicyclic) bond motifs is 2. The fourth-order valence-electron chi connectivity index (χ4n) is 3.79. The molecule has 0 bridgehead atoms. The fourth-order valence-corrected chi connectivity index (χ4v) is 4.35. The van der Waals surface area contributed by atoms with Crippen molar-refractivity contribution < 1.29 is 4.79 Å². The molecule has 29 heavy (non-hydrogen) atoms. The molecule has 0 spiro atoms. The van der Waals surface area contributed by atoms with E-state index in [2.05, 4.69) is 44.1 Å². The number of anilines is 1. The average Bonchev–Trinajstić information content (AvgIpc) is 3.21. The fraction of sp³-hybridized carbons (Fsp3) is 0.0417. The summed E-state index contributed by atoms with van der Waals surface area (Å²) in [7, 11) is 0. The molecule has 1 N–H and O–H groups in total. The van der Waals surface area contributed by atoms with Crippen molar-refractivity contribution in [3.8, 4) is 0 Å². The number of nitrogens with zero attached hydrogens (tertiary/aromatic N) is 1. The number of halogens is 2. The number of carbonyl (C=O) groups excluding carboxylic acids is 1. The lowest BCUT2D eigenvalue weighted by Crippen LogP contribution is -2.03. The Hall–Kier alpha value is -2.82. The number of aromatic nitrogens is 1. The van der Waals surface area contributed by atoms with Crippen molar-refractivity contribution in [1.29, 1.82) is 0 Å². The van der Waals surface area contributed by atoms with E-state index in [4.69, 9.17) is 11.6 Å². The van der Waals surface area contributed by atoms with Gasteiger partial charge in [0.05, 0.1) is 0 Å². The van der Waals surface area contributed by atoms with Gasteiger partial charge in [-0.05, 0) is 42.0 Å². The summed E-state index contributed by atoms with van der Waals surface area (Å²) in [5.74, 6) is -0.0757. The van der Waals surface area contributed by atoms with E-state index in [0.717, 1.165) is 42.8 Å². The van der Waals surface area contributed by atoms with Crippen LogP contribution in [0.2, 0.25) is 5.02 Å². The molecule has 0 atom stereocenters. The van der Waals surface area contributed by atoms with Gasteiger partial charge in [-0.2, -0.15) is 0 Å². The minimum absolute atomic E-state index is 0.0757. The monoisotopic (exact) mass is 462 g/mol. The summed E-state index contributed by atoms with van der Waals surface area (Å²) in [5.41, 5.74) is 5.60. The lowest BCUT2D eigenvalue weighted by molar-refractivity contribution is -0.110. The first-order chi connectivity index (χ1) is 14.1. The number of carbonyl (C=O) groups is 1. The minimum Gasteiger partial charge on any atom is -0.342 e. The zero-order valence-corrected chi connectivity index (χ0v) is 17.7. The van der Waals surface area contributed by atoms with Crippen LogP contribution in [0.25, 0.3) is 22.6 Å². The molecule has 2 heterocycles. The third-order valence-electron chi connectivity index (χ3n) is 5.18. The van der Waals surface area contributed by atoms with Gasteiger partial charge in [0, 0.05) is 55.5 Å². The van der Waals surface area contributed by atoms with Gasteiger partial charge in [0.15, 0.2) is 0 Å². The van der Waals surface area contributed by atoms with Crippen LogP contribution in [0.4, 0.5) is 5.69 Å². The standard InChI is InChI=1S/C24H16BrClN2O/c25-17-9-10-23-19(12-17)16(14-28(23)13-15-5-1-3-7-21(15)26)11-20-18-6-2-4-8-22(18)27-24(20)29/h1-12,14H,13H2,(H,27,29)/b20-11+. The number of rotatable bonds is 3. The van der Waals surface area contributed by atoms with Gasteiger partial charge in [-0.25, -0.2) is 0 Å². The predicted molar refractivity (Wildman–Crippen MR) is 123 cm³/mol. The van der Waals surface area contributed by atoms with Crippen molar-refractivity contribution in [1.82, 2.24) is 4.57 Å². The zero-order valence-electron chi connectivity index (χ0n) is 15.3. The third kappa shape index (κ3) is 3.28. The van der Waals surface area contributed by atoms with Crippen LogP contribution >= 0.6 is 27.5 Å². The highest BCUT2D eigenvalue weighted by Gasteiger charge is 2.24. The summed E-state index contributed by atoms with van der Waals surface area (Å²) < 4.78 is 3.17. The van der Waals surface area contributed by atoms with E-state index in [0.29, 0.717) is 12.1 Å². The van der Waals surface area contributed by atoms with Crippen molar-refractivity contribution in [2.45, 2.75) is 6.54 Å². The van der Waals surface area contributed by atoms with Crippen LogP contribution in [0.5, 0.6) is 0 Å². The lowest BCUT2D eigenvalue weighted by Gasteiger charge is -2.07. The summed E-state index contributed by atoms with van der Waals surface area (Å²) in [6.07, 6.45) is 4.06. The smallest absolute Gasteiger partial charge is 0.256 e. The minimum atomic E-state index is -0.0757. The van der Waals surface area contributed by atoms with Gasteiger partial charge in [0.2, 0.25) is 0 Å². The lowest BCUT2D eigenvalue weighted by atomic mass is 10.0. The third-order valence-corrected chi connectivity index (χ3v) is 6.04. The van der Waals surface area contributed by atoms with Crippen LogP contribution in [0.15, 0.2) is 77.4 Å². The van der Waals surface area contributed by atoms with Crippen LogP contribution in [0.1, 0.15) is 16.7 Å². The second-order valence-corrected chi connectivity index (χ2v) is 8.35. The van der Waals surface area contributed by atoms with E-state index in [1.54, 1.807) is 0 Å². The van der Waals surface area contributed by atoms with E-state index in [1.165, 1.54) is 0 Å². The molecule has 1 aliphatic rings. The highest BCUT2D eigenvalue weighted by Crippen LogP contribution is 2.35. The van der Waals surface area contributed by atoms with Crippen LogP contribution in [-0.4, -0.2) is 10.5 Å². The molecule has 0 aliphatic carbocycles. The second-order valence-electron chi connectivity index (χ2n) is 7.02. The highest BCUT2D eigenvalue weighted by molar-refractivity contribution is 9.10. The summed E-state index contributed by atoms with van der Waals surface area (Å²) in [6, 6.07) is 21.8. The molecule has 5 rings (SSSR count). The Labute approximate surface area is 181 Å². The van der Waals surface area contributed by atoms with Crippen molar-refractivity contribution in [2.75, 3.05) is 5.32 Å². The van der Waals surface area contributed by atoms with E-state index >= 15 is 0 Å².